The van der Waals surface area contributed by atoms with Crippen LogP contribution >= 0.6 is 0 Å². The molecule has 0 amide bonds. The van der Waals surface area contributed by atoms with Crippen LogP contribution < -0.4 is 10.6 Å². The van der Waals surface area contributed by atoms with Crippen LogP contribution in [0.2, 0.25) is 0 Å². The lowest BCUT2D eigenvalue weighted by Gasteiger charge is -2.30. The standard InChI is InChI=1S/C13H17F3N2/c1-8(2)18-9(7-17)6-10-11(13(14,15)16)4-3-5-12(10)18/h3-5,8-9H,6-7,17H2,1-2H3. The van der Waals surface area contributed by atoms with Gasteiger partial charge >= 0.3 is 6.18 Å². The van der Waals surface area contributed by atoms with Gasteiger partial charge in [-0.25, -0.2) is 0 Å². The maximum absolute atomic E-state index is 13.0. The van der Waals surface area contributed by atoms with Crippen molar-refractivity contribution in [2.24, 2.45) is 5.73 Å². The third-order valence-corrected chi connectivity index (χ3v) is 3.40. The molecule has 2 rings (SSSR count). The Morgan fingerprint density at radius 3 is 2.56 bits per heavy atom. The average Bonchev–Trinajstić information content (AvgIpc) is 2.65. The predicted molar refractivity (Wildman–Crippen MR) is 65.6 cm³/mol. The van der Waals surface area contributed by atoms with Gasteiger partial charge in [-0.05, 0) is 38.0 Å². The van der Waals surface area contributed by atoms with Crippen LogP contribution in [0.5, 0.6) is 0 Å². The molecule has 0 radical (unpaired) electrons. The minimum Gasteiger partial charge on any atom is -0.364 e. The fourth-order valence-electron chi connectivity index (χ4n) is 2.72. The molecule has 0 fully saturated rings. The maximum atomic E-state index is 13.0. The lowest BCUT2D eigenvalue weighted by molar-refractivity contribution is -0.138. The first kappa shape index (κ1) is 13.2. The molecular weight excluding hydrogens is 241 g/mol. The van der Waals surface area contributed by atoms with Crippen molar-refractivity contribution >= 4 is 5.69 Å². The zero-order chi connectivity index (χ0) is 13.5. The minimum absolute atomic E-state index is 0.0384. The van der Waals surface area contributed by atoms with E-state index in [1.54, 1.807) is 6.07 Å². The van der Waals surface area contributed by atoms with E-state index in [0.717, 1.165) is 6.07 Å². The van der Waals surface area contributed by atoms with Crippen molar-refractivity contribution < 1.29 is 13.2 Å². The molecule has 0 spiro atoms. The number of nitrogens with two attached hydrogens (primary N) is 1. The van der Waals surface area contributed by atoms with Gasteiger partial charge in [-0.15, -0.1) is 0 Å². The Kier molecular flexibility index (Phi) is 3.27. The monoisotopic (exact) mass is 258 g/mol. The van der Waals surface area contributed by atoms with E-state index in [1.165, 1.54) is 6.07 Å². The number of anilines is 1. The minimum atomic E-state index is -4.29. The van der Waals surface area contributed by atoms with E-state index >= 15 is 0 Å². The van der Waals surface area contributed by atoms with Crippen molar-refractivity contribution in [3.05, 3.63) is 29.3 Å². The number of alkyl halides is 3. The molecule has 0 aromatic heterocycles. The van der Waals surface area contributed by atoms with Crippen molar-refractivity contribution in [1.82, 2.24) is 0 Å². The number of halogens is 3. The number of fused-ring (bicyclic) bond motifs is 1. The van der Waals surface area contributed by atoms with Crippen LogP contribution in [0.15, 0.2) is 18.2 Å². The van der Waals surface area contributed by atoms with Gasteiger partial charge in [-0.3, -0.25) is 0 Å². The van der Waals surface area contributed by atoms with Gasteiger partial charge in [0.05, 0.1) is 5.56 Å². The summed E-state index contributed by atoms with van der Waals surface area (Å²) in [6.07, 6.45) is -3.92. The van der Waals surface area contributed by atoms with Crippen LogP contribution in [0.1, 0.15) is 25.0 Å². The quantitative estimate of drug-likeness (QED) is 0.883. The Morgan fingerprint density at radius 2 is 2.06 bits per heavy atom. The summed E-state index contributed by atoms with van der Waals surface area (Å²) < 4.78 is 38.9. The molecule has 1 aliphatic heterocycles. The number of rotatable bonds is 2. The van der Waals surface area contributed by atoms with E-state index in [4.69, 9.17) is 5.73 Å². The zero-order valence-corrected chi connectivity index (χ0v) is 10.5. The largest absolute Gasteiger partial charge is 0.416 e. The van der Waals surface area contributed by atoms with Crippen LogP contribution in [0, 0.1) is 0 Å². The summed E-state index contributed by atoms with van der Waals surface area (Å²) in [6, 6.07) is 4.47. The van der Waals surface area contributed by atoms with Crippen molar-refractivity contribution in [3.63, 3.8) is 0 Å². The normalized spacial score (nSPS) is 19.5. The van der Waals surface area contributed by atoms with Crippen molar-refractivity contribution in [1.29, 1.82) is 0 Å². The van der Waals surface area contributed by atoms with Crippen molar-refractivity contribution in [3.8, 4) is 0 Å². The SMILES string of the molecule is CC(C)N1c2cccc(C(F)(F)F)c2CC1CN. The third-order valence-electron chi connectivity index (χ3n) is 3.40. The molecule has 0 bridgehead atoms. The number of nitrogens with zero attached hydrogens (tertiary/aromatic N) is 1. The molecule has 2 nitrogen and oxygen atoms in total. The first-order chi connectivity index (χ1) is 8.36. The second-order valence-electron chi connectivity index (χ2n) is 4.90. The van der Waals surface area contributed by atoms with E-state index < -0.39 is 11.7 Å². The first-order valence-corrected chi connectivity index (χ1v) is 6.03. The summed E-state index contributed by atoms with van der Waals surface area (Å²) in [5, 5.41) is 0. The summed E-state index contributed by atoms with van der Waals surface area (Å²) >= 11 is 0. The molecule has 1 heterocycles. The van der Waals surface area contributed by atoms with Gasteiger partial charge in [0.25, 0.3) is 0 Å². The highest BCUT2D eigenvalue weighted by Crippen LogP contribution is 2.41. The second kappa shape index (κ2) is 4.46. The van der Waals surface area contributed by atoms with Crippen molar-refractivity contribution in [2.45, 2.75) is 38.5 Å². The van der Waals surface area contributed by atoms with Gasteiger partial charge in [0.15, 0.2) is 0 Å². The zero-order valence-electron chi connectivity index (χ0n) is 10.5. The molecule has 5 heteroatoms. The topological polar surface area (TPSA) is 29.3 Å². The molecule has 2 N–H and O–H groups in total. The molecule has 18 heavy (non-hydrogen) atoms. The van der Waals surface area contributed by atoms with Gasteiger partial charge in [0.2, 0.25) is 0 Å². The Balaban J connectivity index is 2.52. The third kappa shape index (κ3) is 2.07. The highest BCUT2D eigenvalue weighted by Gasteiger charge is 2.39. The Hall–Kier alpha value is -1.23. The molecule has 0 saturated carbocycles. The molecule has 1 aliphatic rings. The lowest BCUT2D eigenvalue weighted by atomic mass is 10.0. The average molecular weight is 258 g/mol. The van der Waals surface area contributed by atoms with Gasteiger partial charge in [0, 0.05) is 24.3 Å². The van der Waals surface area contributed by atoms with Gasteiger partial charge in [-0.2, -0.15) is 13.2 Å². The summed E-state index contributed by atoms with van der Waals surface area (Å²) in [4.78, 5) is 1.99. The fourth-order valence-corrected chi connectivity index (χ4v) is 2.72. The predicted octanol–water partition coefficient (Wildman–Crippen LogP) is 2.80. The number of hydrogen-bond acceptors (Lipinski definition) is 2. The molecular formula is C13H17F3N2. The molecule has 1 atom stereocenters. The summed E-state index contributed by atoms with van der Waals surface area (Å²) in [6.45, 7) is 4.31. The molecule has 1 unspecified atom stereocenters. The van der Waals surface area contributed by atoms with Crippen LogP contribution in [0.4, 0.5) is 18.9 Å². The fraction of sp³-hybridized carbons (Fsp3) is 0.538. The van der Waals surface area contributed by atoms with Crippen LogP contribution in [0.3, 0.4) is 0 Å². The van der Waals surface area contributed by atoms with E-state index in [1.807, 2.05) is 18.7 Å². The highest BCUT2D eigenvalue weighted by atomic mass is 19.4. The first-order valence-electron chi connectivity index (χ1n) is 6.03. The summed E-state index contributed by atoms with van der Waals surface area (Å²) in [7, 11) is 0. The molecule has 1 aromatic carbocycles. The molecule has 1 aromatic rings. The summed E-state index contributed by atoms with van der Waals surface area (Å²) in [5.41, 5.74) is 6.21. The molecule has 0 saturated heterocycles. The van der Waals surface area contributed by atoms with Crippen LogP contribution in [0.25, 0.3) is 0 Å². The van der Waals surface area contributed by atoms with Gasteiger partial charge in [0.1, 0.15) is 0 Å². The van der Waals surface area contributed by atoms with Crippen LogP contribution in [-0.2, 0) is 12.6 Å². The Labute approximate surface area is 105 Å². The summed E-state index contributed by atoms with van der Waals surface area (Å²) in [5.74, 6) is 0. The van der Waals surface area contributed by atoms with E-state index in [9.17, 15) is 13.2 Å². The Bertz CT molecular complexity index is 440. The van der Waals surface area contributed by atoms with Gasteiger partial charge in [-0.1, -0.05) is 6.07 Å². The van der Waals surface area contributed by atoms with E-state index in [2.05, 4.69) is 0 Å². The van der Waals surface area contributed by atoms with Crippen molar-refractivity contribution in [2.75, 3.05) is 11.4 Å². The van der Waals surface area contributed by atoms with Crippen LogP contribution in [-0.4, -0.2) is 18.6 Å². The van der Waals surface area contributed by atoms with E-state index in [0.29, 0.717) is 24.2 Å². The molecule has 100 valence electrons. The van der Waals surface area contributed by atoms with E-state index in [-0.39, 0.29) is 12.1 Å². The number of hydrogen-bond donors (Lipinski definition) is 1. The van der Waals surface area contributed by atoms with Gasteiger partial charge < -0.3 is 10.6 Å². The second-order valence-corrected chi connectivity index (χ2v) is 4.90. The maximum Gasteiger partial charge on any atom is 0.416 e. The molecule has 0 aliphatic carbocycles. The highest BCUT2D eigenvalue weighted by molar-refractivity contribution is 5.63. The smallest absolute Gasteiger partial charge is 0.364 e. The Morgan fingerprint density at radius 1 is 1.39 bits per heavy atom. The lowest BCUT2D eigenvalue weighted by Crippen LogP contribution is -2.42. The number of benzene rings is 1.